The molecule has 13 aromatic heterocycles. The average molecular weight is 1990 g/mol. The monoisotopic (exact) mass is 1990 g/mol. The van der Waals surface area contributed by atoms with Crippen LogP contribution in [0.3, 0.4) is 0 Å². The van der Waals surface area contributed by atoms with Gasteiger partial charge in [-0.15, -0.1) is 0 Å². The van der Waals surface area contributed by atoms with Crippen LogP contribution < -0.4 is 27.7 Å². The summed E-state index contributed by atoms with van der Waals surface area (Å²) in [5.74, 6) is -6.41. The lowest BCUT2D eigenvalue weighted by Gasteiger charge is -2.29. The number of Topliss-reactive ketones (excluding diaryl/α,β-unsaturated/α-hetero) is 2. The molecule has 13 N–H and O–H groups in total. The van der Waals surface area contributed by atoms with E-state index in [9.17, 15) is 46.3 Å². The summed E-state index contributed by atoms with van der Waals surface area (Å²) in [5.41, 5.74) is 42.9. The summed E-state index contributed by atoms with van der Waals surface area (Å²) in [4.78, 5) is 107. The second-order valence-electron chi connectivity index (χ2n) is 36.0. The number of ketones is 2. The normalized spacial score (nSPS) is 19.0. The van der Waals surface area contributed by atoms with Crippen molar-refractivity contribution in [3.63, 3.8) is 0 Å². The van der Waals surface area contributed by atoms with Crippen LogP contribution in [0.5, 0.6) is 5.88 Å². The SMILES string of the molecule is CC(=O)c1c(C2CCC(C(F)C(=O)O)CC2)nc2c(-c3ccc(-c4ccccc4)nc3)cnn2c1N.CC(=O)c1c(C2CCC(C(F)C(=O)O)CC2)nc2c(-c3ccc(-c4ccn(CCO)c4)nc3)cnn2c1N.COCCCOc1ccc(-c2cnn3c(N)c(Br)c(C4CCC(C(F)C(=O)O)CC4)nc23)cn1.Nc1cc(C2CCC(C(F)C(=O)O)CC2)nc2c(-c3ccc(-c4ccccc4)nc3)cnn12. The van der Waals surface area contributed by atoms with Crippen molar-refractivity contribution in [1.29, 1.82) is 0 Å². The Kier molecular flexibility index (Phi) is 31.0. The number of aromatic nitrogens is 17. The number of anilines is 4. The summed E-state index contributed by atoms with van der Waals surface area (Å²) in [6.07, 6.45) is 19.2. The van der Waals surface area contributed by atoms with Gasteiger partial charge in [0.1, 0.15) is 23.3 Å². The minimum absolute atomic E-state index is 0.0441. The maximum Gasteiger partial charge on any atom is 0.338 e. The average Bonchev–Trinajstić information content (AvgIpc) is 1.62. The van der Waals surface area contributed by atoms with E-state index in [1.165, 1.54) is 22.9 Å². The number of nitrogens with zero attached hydrogens (tertiary/aromatic N) is 17. The number of fused-ring (bicyclic) bond motifs is 4. The number of aliphatic carboxylic acids is 4. The van der Waals surface area contributed by atoms with Gasteiger partial charge < -0.3 is 62.5 Å². The maximum absolute atomic E-state index is 14.1. The van der Waals surface area contributed by atoms with E-state index in [4.69, 9.17) is 77.9 Å². The smallest absolute Gasteiger partial charge is 0.338 e. The highest BCUT2D eigenvalue weighted by Gasteiger charge is 2.40. The van der Waals surface area contributed by atoms with Gasteiger partial charge in [-0.3, -0.25) is 24.5 Å². The fourth-order valence-electron chi connectivity index (χ4n) is 19.5. The zero-order valence-corrected chi connectivity index (χ0v) is 79.0. The minimum atomic E-state index is -1.89. The number of carbonyl (C=O) groups is 6. The molecular formula is C102H106BrF4N21O13. The number of carbonyl (C=O) groups excluding carboxylic acids is 2. The molecule has 732 valence electrons. The lowest BCUT2D eigenvalue weighted by atomic mass is 9.77. The number of pyridine rings is 4. The third kappa shape index (κ3) is 21.8. The van der Waals surface area contributed by atoms with Crippen molar-refractivity contribution < 1.29 is 81.3 Å². The van der Waals surface area contributed by atoms with E-state index >= 15 is 0 Å². The van der Waals surface area contributed by atoms with E-state index in [2.05, 4.69) is 56.3 Å². The quantitative estimate of drug-likeness (QED) is 0.0125. The summed E-state index contributed by atoms with van der Waals surface area (Å²) < 4.78 is 75.3. The Morgan fingerprint density at radius 1 is 0.411 bits per heavy atom. The van der Waals surface area contributed by atoms with Gasteiger partial charge in [-0.05, 0) is 163 Å². The predicted octanol–water partition coefficient (Wildman–Crippen LogP) is 17.7. The molecule has 4 atom stereocenters. The van der Waals surface area contributed by atoms with Gasteiger partial charge in [-0.25, -0.2) is 61.7 Å². The van der Waals surface area contributed by atoms with Crippen LogP contribution in [0, 0.1) is 23.7 Å². The Labute approximate surface area is 814 Å². The molecule has 0 amide bonds. The van der Waals surface area contributed by atoms with Gasteiger partial charge in [-0.2, -0.15) is 38.5 Å². The zero-order chi connectivity index (χ0) is 99.6. The molecule has 0 spiro atoms. The number of ether oxygens (including phenoxy) is 2. The van der Waals surface area contributed by atoms with Crippen molar-refractivity contribution in [3.8, 4) is 84.2 Å². The third-order valence-corrected chi connectivity index (χ3v) is 27.9. The first-order chi connectivity index (χ1) is 68.0. The number of carboxylic acid groups (broad SMARTS) is 4. The number of alkyl halides is 4. The number of aliphatic hydroxyl groups excluding tert-OH is 1. The van der Waals surface area contributed by atoms with Gasteiger partial charge in [0.15, 0.2) is 58.8 Å². The number of carboxylic acids is 4. The molecule has 4 saturated carbocycles. The number of nitrogen functional groups attached to an aromatic ring is 4. The summed E-state index contributed by atoms with van der Waals surface area (Å²) >= 11 is 3.56. The van der Waals surface area contributed by atoms with Crippen LogP contribution in [0.25, 0.3) is 101 Å². The molecule has 4 fully saturated rings. The first-order valence-electron chi connectivity index (χ1n) is 46.7. The Morgan fingerprint density at radius 2 is 0.766 bits per heavy atom. The highest BCUT2D eigenvalue weighted by molar-refractivity contribution is 9.10. The summed E-state index contributed by atoms with van der Waals surface area (Å²) in [7, 11) is 1.65. The third-order valence-electron chi connectivity index (χ3n) is 27.1. The highest BCUT2D eigenvalue weighted by atomic mass is 79.9. The Bertz CT molecular complexity index is 7010. The molecule has 15 aromatic rings. The van der Waals surface area contributed by atoms with Gasteiger partial charge in [-0.1, -0.05) is 78.9 Å². The first-order valence-corrected chi connectivity index (χ1v) is 47.5. The van der Waals surface area contributed by atoms with Crippen LogP contribution in [0.15, 0.2) is 188 Å². The van der Waals surface area contributed by atoms with Crippen molar-refractivity contribution in [3.05, 3.63) is 222 Å². The molecule has 141 heavy (non-hydrogen) atoms. The molecule has 0 aliphatic heterocycles. The van der Waals surface area contributed by atoms with E-state index in [-0.39, 0.29) is 53.5 Å². The van der Waals surface area contributed by atoms with Gasteiger partial charge in [0, 0.05) is 190 Å². The highest BCUT2D eigenvalue weighted by Crippen LogP contribution is 2.47. The number of methoxy groups -OCH3 is 1. The Balaban J connectivity index is 0.000000136. The number of hydrogen-bond acceptors (Lipinski definition) is 25. The molecular weight excluding hydrogens is 1880 g/mol. The predicted molar refractivity (Wildman–Crippen MR) is 523 cm³/mol. The van der Waals surface area contributed by atoms with Crippen LogP contribution in [0.1, 0.15) is 190 Å². The molecule has 19 rings (SSSR count). The standard InChI is InChI=1S/C27H29FN6O4.C27H26FN5O3.C25H24FN5O2.C23H27BrFN5O4/c1-15(36)22-24(17-4-2-16(3-5-17)23(28)27(37)38)32-26-20(13-31-34(26)25(22)29)18-6-7-21(30-12-18)19-8-9-33(14-19)10-11-35;1-15(34)22-24(18-9-7-17(8-10-18)23(28)27(35)36)32-26-20(14-31-33(26)25(22)29)19-11-12-21(30-13-19)16-5-3-2-4-6-16;26-23(25(32)33)17-8-6-16(7-9-17)21-12-22(27)31-24(30-21)19(14-29-31)18-10-11-20(28-13-18)15-4-2-1-3-5-15;1-33-9-2-10-34-17-8-7-15(11-27-17)16-12-28-30-21(26)18(24)20(29-22(16)30)14-5-3-13(4-6-14)19(25)23(31)32/h6-9,12-14,16-17,23,35H,2-5,10-11,29H2,1H3,(H,37,38);2-6,11-14,17-18,23H,7-10,29H2,1H3,(H,35,36);1-5,10-14,16-17,23H,6-9,27H2,(H,32,33);7-8,11-14,19H,2-6,9-10,26H2,1H3,(H,31,32). The topological polar surface area (TPSA) is 503 Å². The Hall–Kier alpha value is -14.9. The summed E-state index contributed by atoms with van der Waals surface area (Å²) in [5, 5.41) is 62.7. The molecule has 0 radical (unpaired) electrons. The fraction of sp³-hybridized carbons (Fsp3) is 0.353. The van der Waals surface area contributed by atoms with E-state index in [1.807, 2.05) is 138 Å². The van der Waals surface area contributed by atoms with Crippen molar-refractivity contribution >= 4 is 97.2 Å². The number of hydrogen-bond donors (Lipinski definition) is 9. The van der Waals surface area contributed by atoms with Crippen molar-refractivity contribution in [2.45, 2.75) is 178 Å². The lowest BCUT2D eigenvalue weighted by Crippen LogP contribution is -2.29. The van der Waals surface area contributed by atoms with Crippen LogP contribution in [-0.2, 0) is 30.5 Å². The molecule has 4 aliphatic rings. The molecule has 2 aromatic carbocycles. The molecule has 34 nitrogen and oxygen atoms in total. The molecule has 0 saturated heterocycles. The van der Waals surface area contributed by atoms with E-state index in [1.54, 1.807) is 65.6 Å². The largest absolute Gasteiger partial charge is 0.479 e. The molecule has 39 heteroatoms. The molecule has 13 heterocycles. The minimum Gasteiger partial charge on any atom is -0.479 e. The van der Waals surface area contributed by atoms with E-state index < -0.39 is 72.2 Å². The van der Waals surface area contributed by atoms with E-state index in [0.29, 0.717) is 195 Å². The maximum atomic E-state index is 14.1. The first kappa shape index (κ1) is 99.2. The lowest BCUT2D eigenvalue weighted by molar-refractivity contribution is -0.146. The Morgan fingerprint density at radius 3 is 1.13 bits per heavy atom. The van der Waals surface area contributed by atoms with Crippen molar-refractivity contribution in [2.75, 3.05) is 49.9 Å². The number of nitrogens with two attached hydrogens (primary N) is 4. The van der Waals surface area contributed by atoms with Crippen LogP contribution >= 0.6 is 15.9 Å². The van der Waals surface area contributed by atoms with Crippen LogP contribution in [-0.4, -0.2) is 195 Å². The number of benzene rings is 2. The van der Waals surface area contributed by atoms with Crippen LogP contribution in [0.2, 0.25) is 0 Å². The second kappa shape index (κ2) is 44.1. The van der Waals surface area contributed by atoms with Gasteiger partial charge in [0.2, 0.25) is 5.88 Å². The van der Waals surface area contributed by atoms with Crippen molar-refractivity contribution in [1.82, 2.24) is 82.9 Å². The van der Waals surface area contributed by atoms with Crippen molar-refractivity contribution in [2.24, 2.45) is 23.7 Å². The number of halogens is 5. The number of rotatable bonds is 28. The fourth-order valence-corrected chi connectivity index (χ4v) is 20.1. The molecule has 4 aliphatic carbocycles. The van der Waals surface area contributed by atoms with E-state index in [0.717, 1.165) is 90.5 Å². The van der Waals surface area contributed by atoms with Gasteiger partial charge in [0.25, 0.3) is 0 Å². The van der Waals surface area contributed by atoms with Gasteiger partial charge in [0.05, 0.1) is 87.8 Å². The number of aliphatic hydroxyl groups is 1. The summed E-state index contributed by atoms with van der Waals surface area (Å²) in [6, 6.07) is 38.9. The van der Waals surface area contributed by atoms with Gasteiger partial charge >= 0.3 is 23.9 Å². The van der Waals surface area contributed by atoms with Crippen LogP contribution in [0.4, 0.5) is 40.8 Å². The summed E-state index contributed by atoms with van der Waals surface area (Å²) in [6.45, 7) is 4.57. The second-order valence-corrected chi connectivity index (χ2v) is 36.8. The molecule has 4 unspecified atom stereocenters. The molecule has 0 bridgehead atoms. The zero-order valence-electron chi connectivity index (χ0n) is 77.4.